The van der Waals surface area contributed by atoms with E-state index in [9.17, 15) is 9.90 Å². The minimum Gasteiger partial charge on any atom is -0.449 e. The van der Waals surface area contributed by atoms with Gasteiger partial charge >= 0.3 is 6.09 Å². The number of hydrogen-bond donors (Lipinski definition) is 1. The van der Waals surface area contributed by atoms with Gasteiger partial charge in [-0.25, -0.2) is 4.79 Å². The molecule has 4 nitrogen and oxygen atoms in total. The van der Waals surface area contributed by atoms with Crippen LogP contribution in [-0.2, 0) is 4.74 Å². The number of hydrogen-bond acceptors (Lipinski definition) is 3. The van der Waals surface area contributed by atoms with Gasteiger partial charge in [-0.15, -0.1) is 0 Å². The fourth-order valence-electron chi connectivity index (χ4n) is 1.33. The van der Waals surface area contributed by atoms with Gasteiger partial charge in [0.15, 0.2) is 0 Å². The standard InChI is InChI=1S/C9H17NO3/c1-2-7-13-9(12)10-5-3-8(11)4-6-10/h8,11H,2-7H2,1H3. The van der Waals surface area contributed by atoms with Crippen molar-refractivity contribution in [3.63, 3.8) is 0 Å². The Balaban J connectivity index is 2.23. The van der Waals surface area contributed by atoms with Crippen LogP contribution in [0, 0.1) is 0 Å². The van der Waals surface area contributed by atoms with Crippen molar-refractivity contribution in [1.29, 1.82) is 0 Å². The monoisotopic (exact) mass is 187 g/mol. The molecular formula is C9H17NO3. The van der Waals surface area contributed by atoms with Crippen LogP contribution < -0.4 is 0 Å². The molecule has 0 unspecified atom stereocenters. The van der Waals surface area contributed by atoms with Crippen LogP contribution in [-0.4, -0.2) is 41.9 Å². The number of ether oxygens (including phenoxy) is 1. The van der Waals surface area contributed by atoms with E-state index in [0.717, 1.165) is 6.42 Å². The van der Waals surface area contributed by atoms with Gasteiger partial charge in [0.05, 0.1) is 12.7 Å². The van der Waals surface area contributed by atoms with Gasteiger partial charge < -0.3 is 14.7 Å². The molecule has 1 amide bonds. The Morgan fingerprint density at radius 3 is 2.69 bits per heavy atom. The smallest absolute Gasteiger partial charge is 0.409 e. The first-order valence-corrected chi connectivity index (χ1v) is 4.83. The second kappa shape index (κ2) is 5.07. The van der Waals surface area contributed by atoms with E-state index in [-0.39, 0.29) is 12.2 Å². The zero-order valence-corrected chi connectivity index (χ0v) is 8.03. The van der Waals surface area contributed by atoms with Gasteiger partial charge in [0.1, 0.15) is 0 Å². The molecule has 0 aromatic carbocycles. The van der Waals surface area contributed by atoms with E-state index >= 15 is 0 Å². The van der Waals surface area contributed by atoms with E-state index in [1.807, 2.05) is 6.92 Å². The number of carbonyl (C=O) groups excluding carboxylic acids is 1. The zero-order valence-electron chi connectivity index (χ0n) is 8.03. The maximum Gasteiger partial charge on any atom is 0.409 e. The Bertz CT molecular complexity index is 164. The Kier molecular flexibility index (Phi) is 4.02. The van der Waals surface area contributed by atoms with Crippen molar-refractivity contribution in [1.82, 2.24) is 4.90 Å². The molecule has 0 radical (unpaired) electrons. The molecular weight excluding hydrogens is 170 g/mol. The van der Waals surface area contributed by atoms with Crippen molar-refractivity contribution in [3.05, 3.63) is 0 Å². The summed E-state index contributed by atoms with van der Waals surface area (Å²) >= 11 is 0. The fraction of sp³-hybridized carbons (Fsp3) is 0.889. The lowest BCUT2D eigenvalue weighted by Crippen LogP contribution is -2.40. The molecule has 4 heteroatoms. The summed E-state index contributed by atoms with van der Waals surface area (Å²) in [7, 11) is 0. The van der Waals surface area contributed by atoms with Crippen molar-refractivity contribution < 1.29 is 14.6 Å². The average molecular weight is 187 g/mol. The van der Waals surface area contributed by atoms with E-state index < -0.39 is 0 Å². The van der Waals surface area contributed by atoms with E-state index in [1.165, 1.54) is 0 Å². The number of aliphatic hydroxyl groups is 1. The summed E-state index contributed by atoms with van der Waals surface area (Å²) in [4.78, 5) is 12.9. The number of amides is 1. The van der Waals surface area contributed by atoms with Crippen LogP contribution in [0.1, 0.15) is 26.2 Å². The average Bonchev–Trinajstić information content (AvgIpc) is 2.15. The number of aliphatic hydroxyl groups excluding tert-OH is 1. The number of piperidine rings is 1. The molecule has 0 atom stereocenters. The SMILES string of the molecule is CCCOC(=O)N1CCC(O)CC1. The van der Waals surface area contributed by atoms with Gasteiger partial charge in [0.2, 0.25) is 0 Å². The third-order valence-electron chi connectivity index (χ3n) is 2.15. The van der Waals surface area contributed by atoms with Gasteiger partial charge in [-0.2, -0.15) is 0 Å². The van der Waals surface area contributed by atoms with E-state index in [4.69, 9.17) is 4.74 Å². The Morgan fingerprint density at radius 1 is 1.54 bits per heavy atom. The second-order valence-electron chi connectivity index (χ2n) is 3.33. The van der Waals surface area contributed by atoms with Crippen LogP contribution in [0.15, 0.2) is 0 Å². The van der Waals surface area contributed by atoms with Crippen LogP contribution >= 0.6 is 0 Å². The van der Waals surface area contributed by atoms with Crippen LogP contribution in [0.4, 0.5) is 4.79 Å². The molecule has 0 saturated carbocycles. The summed E-state index contributed by atoms with van der Waals surface area (Å²) in [5.74, 6) is 0. The molecule has 1 rings (SSSR count). The lowest BCUT2D eigenvalue weighted by molar-refractivity contribution is 0.0593. The minimum atomic E-state index is -0.242. The third-order valence-corrected chi connectivity index (χ3v) is 2.15. The molecule has 1 heterocycles. The summed E-state index contributed by atoms with van der Waals surface area (Å²) in [5, 5.41) is 9.21. The fourth-order valence-corrected chi connectivity index (χ4v) is 1.33. The van der Waals surface area contributed by atoms with Crippen molar-refractivity contribution in [2.45, 2.75) is 32.3 Å². The first-order valence-electron chi connectivity index (χ1n) is 4.83. The van der Waals surface area contributed by atoms with Crippen molar-refractivity contribution >= 4 is 6.09 Å². The highest BCUT2D eigenvalue weighted by Gasteiger charge is 2.21. The van der Waals surface area contributed by atoms with Crippen LogP contribution in [0.2, 0.25) is 0 Å². The molecule has 0 aromatic rings. The van der Waals surface area contributed by atoms with Gasteiger partial charge in [-0.3, -0.25) is 0 Å². The van der Waals surface area contributed by atoms with Gasteiger partial charge in [-0.1, -0.05) is 6.92 Å². The lowest BCUT2D eigenvalue weighted by Gasteiger charge is -2.28. The summed E-state index contributed by atoms with van der Waals surface area (Å²) in [6.45, 7) is 3.68. The molecule has 0 bridgehead atoms. The molecule has 0 aromatic heterocycles. The van der Waals surface area contributed by atoms with Gasteiger partial charge in [-0.05, 0) is 19.3 Å². The van der Waals surface area contributed by atoms with E-state index in [2.05, 4.69) is 0 Å². The van der Waals surface area contributed by atoms with Gasteiger partial charge in [0.25, 0.3) is 0 Å². The lowest BCUT2D eigenvalue weighted by atomic mass is 10.1. The normalized spacial score (nSPS) is 18.8. The summed E-state index contributed by atoms with van der Waals surface area (Å²) < 4.78 is 4.97. The number of carbonyl (C=O) groups is 1. The van der Waals surface area contributed by atoms with Crippen LogP contribution in [0.5, 0.6) is 0 Å². The van der Waals surface area contributed by atoms with Crippen LogP contribution in [0.25, 0.3) is 0 Å². The largest absolute Gasteiger partial charge is 0.449 e. The molecule has 0 aliphatic carbocycles. The summed E-state index contributed by atoms with van der Waals surface area (Å²) in [6, 6.07) is 0. The minimum absolute atomic E-state index is 0.241. The van der Waals surface area contributed by atoms with Crippen molar-refractivity contribution in [3.8, 4) is 0 Å². The molecule has 13 heavy (non-hydrogen) atoms. The van der Waals surface area contributed by atoms with Crippen LogP contribution in [0.3, 0.4) is 0 Å². The maximum atomic E-state index is 11.3. The summed E-state index contributed by atoms with van der Waals surface area (Å²) in [5.41, 5.74) is 0. The van der Waals surface area contributed by atoms with E-state index in [1.54, 1.807) is 4.90 Å². The number of nitrogens with zero attached hydrogens (tertiary/aromatic N) is 1. The third kappa shape index (κ3) is 3.22. The Morgan fingerprint density at radius 2 is 2.15 bits per heavy atom. The maximum absolute atomic E-state index is 11.3. The highest BCUT2D eigenvalue weighted by atomic mass is 16.6. The predicted molar refractivity (Wildman–Crippen MR) is 48.5 cm³/mol. The van der Waals surface area contributed by atoms with Crippen molar-refractivity contribution in [2.75, 3.05) is 19.7 Å². The molecule has 1 fully saturated rings. The Hall–Kier alpha value is -0.770. The first kappa shape index (κ1) is 10.3. The Labute approximate surface area is 78.5 Å². The highest BCUT2D eigenvalue weighted by molar-refractivity contribution is 5.67. The summed E-state index contributed by atoms with van der Waals surface area (Å²) in [6.07, 6.45) is 1.70. The molecule has 76 valence electrons. The molecule has 1 N–H and O–H groups in total. The molecule has 1 aliphatic heterocycles. The topological polar surface area (TPSA) is 49.8 Å². The van der Waals surface area contributed by atoms with Crippen molar-refractivity contribution in [2.24, 2.45) is 0 Å². The molecule has 1 saturated heterocycles. The molecule has 0 spiro atoms. The second-order valence-corrected chi connectivity index (χ2v) is 3.33. The number of likely N-dealkylation sites (tertiary alicyclic amines) is 1. The highest BCUT2D eigenvalue weighted by Crippen LogP contribution is 2.10. The predicted octanol–water partition coefficient (Wildman–Crippen LogP) is 0.990. The number of rotatable bonds is 2. The zero-order chi connectivity index (χ0) is 9.68. The van der Waals surface area contributed by atoms with Gasteiger partial charge in [0, 0.05) is 13.1 Å². The first-order chi connectivity index (χ1) is 6.24. The van der Waals surface area contributed by atoms with E-state index in [0.29, 0.717) is 32.5 Å². The quantitative estimate of drug-likeness (QED) is 0.701. The molecule has 1 aliphatic rings.